The number of benzene rings is 1. The lowest BCUT2D eigenvalue weighted by Crippen LogP contribution is -2.36. The molecule has 0 unspecified atom stereocenters. The summed E-state index contributed by atoms with van der Waals surface area (Å²) in [5.41, 5.74) is 8.02. The predicted molar refractivity (Wildman–Crippen MR) is 114 cm³/mol. The Kier molecular flexibility index (Phi) is 5.71. The molecule has 0 radical (unpaired) electrons. The van der Waals surface area contributed by atoms with Gasteiger partial charge in [-0.1, -0.05) is 42.7 Å². The lowest BCUT2D eigenvalue weighted by Gasteiger charge is -2.22. The van der Waals surface area contributed by atoms with Crippen LogP contribution in [-0.2, 0) is 6.54 Å². The van der Waals surface area contributed by atoms with E-state index in [1.165, 1.54) is 17.8 Å². The van der Waals surface area contributed by atoms with Crippen LogP contribution in [0.4, 0.5) is 5.13 Å². The Bertz CT molecular complexity index is 1040. The quantitative estimate of drug-likeness (QED) is 0.599. The number of nitrogens with one attached hydrogen (secondary N) is 2. The fraction of sp³-hybridized carbons (Fsp3) is 0.333. The predicted octanol–water partition coefficient (Wildman–Crippen LogP) is 3.27. The summed E-state index contributed by atoms with van der Waals surface area (Å²) < 4.78 is 0.980. The van der Waals surface area contributed by atoms with Crippen molar-refractivity contribution < 1.29 is 9.59 Å². The summed E-state index contributed by atoms with van der Waals surface area (Å²) in [6, 6.07) is 10.9. The van der Waals surface area contributed by atoms with Gasteiger partial charge in [-0.3, -0.25) is 9.59 Å². The summed E-state index contributed by atoms with van der Waals surface area (Å²) >= 11 is 1.41. The van der Waals surface area contributed by atoms with Gasteiger partial charge in [-0.2, -0.15) is 0 Å². The second-order valence-electron chi connectivity index (χ2n) is 7.25. The molecule has 2 amide bonds. The highest BCUT2D eigenvalue weighted by molar-refractivity contribution is 7.22. The third kappa shape index (κ3) is 4.71. The highest BCUT2D eigenvalue weighted by Gasteiger charge is 2.18. The minimum Gasteiger partial charge on any atom is -0.375 e. The van der Waals surface area contributed by atoms with Crippen molar-refractivity contribution in [3.63, 3.8) is 0 Å². The van der Waals surface area contributed by atoms with E-state index in [9.17, 15) is 9.59 Å². The van der Waals surface area contributed by atoms with E-state index in [1.54, 1.807) is 18.2 Å². The zero-order valence-electron chi connectivity index (χ0n) is 16.0. The first kappa shape index (κ1) is 19.3. The fourth-order valence-corrected chi connectivity index (χ4v) is 4.36. The smallest absolute Gasteiger partial charge is 0.270 e. The lowest BCUT2D eigenvalue weighted by atomic mass is 9.95. The van der Waals surface area contributed by atoms with Crippen molar-refractivity contribution >= 4 is 38.5 Å². The van der Waals surface area contributed by atoms with Gasteiger partial charge >= 0.3 is 0 Å². The molecular formula is C21H23N5O2S. The SMILES string of the molecule is Nc1nc2ccc(CNC(=O)c3cccc(C(=O)NC4CCCCC4)n3)cc2s1. The minimum absolute atomic E-state index is 0.200. The number of rotatable bonds is 5. The molecule has 0 bridgehead atoms. The number of thiazole rings is 1. The molecule has 8 heteroatoms. The molecule has 2 aromatic heterocycles. The molecule has 2 heterocycles. The van der Waals surface area contributed by atoms with E-state index in [2.05, 4.69) is 20.6 Å². The Hall–Kier alpha value is -3.00. The van der Waals surface area contributed by atoms with Crippen molar-refractivity contribution in [3.05, 3.63) is 53.3 Å². The summed E-state index contributed by atoms with van der Waals surface area (Å²) in [6.45, 7) is 0.354. The Morgan fingerprint density at radius 3 is 2.59 bits per heavy atom. The number of pyridine rings is 1. The van der Waals surface area contributed by atoms with Crippen LogP contribution >= 0.6 is 11.3 Å². The van der Waals surface area contributed by atoms with E-state index >= 15 is 0 Å². The number of nitrogens with zero attached hydrogens (tertiary/aromatic N) is 2. The number of fused-ring (bicyclic) bond motifs is 1. The first-order valence-corrected chi connectivity index (χ1v) is 10.6. The minimum atomic E-state index is -0.318. The van der Waals surface area contributed by atoms with Crippen LogP contribution in [0.3, 0.4) is 0 Å². The highest BCUT2D eigenvalue weighted by Crippen LogP contribution is 2.24. The number of nitrogens with two attached hydrogens (primary N) is 1. The average Bonchev–Trinajstić information content (AvgIpc) is 3.12. The second kappa shape index (κ2) is 8.57. The number of anilines is 1. The molecule has 0 saturated heterocycles. The van der Waals surface area contributed by atoms with E-state index < -0.39 is 0 Å². The van der Waals surface area contributed by atoms with Crippen LogP contribution in [0.15, 0.2) is 36.4 Å². The first-order valence-electron chi connectivity index (χ1n) is 9.79. The monoisotopic (exact) mass is 409 g/mol. The fourth-order valence-electron chi connectivity index (χ4n) is 3.56. The normalized spacial score (nSPS) is 14.6. The van der Waals surface area contributed by atoms with Crippen LogP contribution in [0.1, 0.15) is 58.6 Å². The first-order chi connectivity index (χ1) is 14.1. The van der Waals surface area contributed by atoms with Gasteiger partial charge in [-0.15, -0.1) is 0 Å². The van der Waals surface area contributed by atoms with Crippen molar-refractivity contribution in [2.24, 2.45) is 0 Å². The number of aromatic nitrogens is 2. The van der Waals surface area contributed by atoms with Crippen LogP contribution in [0, 0.1) is 0 Å². The molecule has 29 heavy (non-hydrogen) atoms. The molecule has 0 spiro atoms. The molecule has 1 saturated carbocycles. The van der Waals surface area contributed by atoms with E-state index in [-0.39, 0.29) is 29.2 Å². The number of hydrogen-bond donors (Lipinski definition) is 3. The van der Waals surface area contributed by atoms with Crippen LogP contribution in [0.2, 0.25) is 0 Å². The number of carbonyl (C=O) groups excluding carboxylic acids is 2. The van der Waals surface area contributed by atoms with Crippen LogP contribution in [0.25, 0.3) is 10.2 Å². The van der Waals surface area contributed by atoms with Gasteiger partial charge in [0, 0.05) is 12.6 Å². The van der Waals surface area contributed by atoms with Crippen molar-refractivity contribution in [1.29, 1.82) is 0 Å². The molecule has 4 rings (SSSR count). The van der Waals surface area contributed by atoms with Gasteiger partial charge in [-0.05, 0) is 42.7 Å². The van der Waals surface area contributed by atoms with Gasteiger partial charge in [0.2, 0.25) is 0 Å². The molecule has 1 aliphatic rings. The van der Waals surface area contributed by atoms with Gasteiger partial charge in [-0.25, -0.2) is 9.97 Å². The number of amides is 2. The summed E-state index contributed by atoms with van der Waals surface area (Å²) in [7, 11) is 0. The van der Waals surface area contributed by atoms with Gasteiger partial charge in [0.1, 0.15) is 11.4 Å². The maximum absolute atomic E-state index is 12.5. The summed E-state index contributed by atoms with van der Waals surface area (Å²) in [6.07, 6.45) is 5.51. The van der Waals surface area contributed by atoms with E-state index in [0.29, 0.717) is 11.7 Å². The van der Waals surface area contributed by atoms with Crippen molar-refractivity contribution in [2.45, 2.75) is 44.7 Å². The molecule has 1 aromatic carbocycles. The van der Waals surface area contributed by atoms with Crippen LogP contribution < -0.4 is 16.4 Å². The molecule has 0 atom stereocenters. The number of nitrogen functional groups attached to an aromatic ring is 1. The molecule has 1 fully saturated rings. The molecular weight excluding hydrogens is 386 g/mol. The zero-order chi connectivity index (χ0) is 20.2. The van der Waals surface area contributed by atoms with Crippen LogP contribution in [-0.4, -0.2) is 27.8 Å². The summed E-state index contributed by atoms with van der Waals surface area (Å²) in [4.78, 5) is 33.5. The average molecular weight is 410 g/mol. The zero-order valence-corrected chi connectivity index (χ0v) is 16.8. The van der Waals surface area contributed by atoms with Gasteiger partial charge in [0.05, 0.1) is 10.2 Å². The van der Waals surface area contributed by atoms with Gasteiger partial charge < -0.3 is 16.4 Å². The van der Waals surface area contributed by atoms with Gasteiger partial charge in [0.25, 0.3) is 11.8 Å². The maximum atomic E-state index is 12.5. The van der Waals surface area contributed by atoms with Crippen molar-refractivity contribution in [3.8, 4) is 0 Å². The molecule has 7 nitrogen and oxygen atoms in total. The largest absolute Gasteiger partial charge is 0.375 e. The number of hydrogen-bond acceptors (Lipinski definition) is 6. The maximum Gasteiger partial charge on any atom is 0.270 e. The Balaban J connectivity index is 1.38. The summed E-state index contributed by atoms with van der Waals surface area (Å²) in [5, 5.41) is 6.41. The third-order valence-electron chi connectivity index (χ3n) is 5.08. The molecule has 4 N–H and O–H groups in total. The molecule has 3 aromatic rings. The van der Waals surface area contributed by atoms with Gasteiger partial charge in [0.15, 0.2) is 5.13 Å². The second-order valence-corrected chi connectivity index (χ2v) is 8.32. The molecule has 150 valence electrons. The van der Waals surface area contributed by atoms with Crippen molar-refractivity contribution in [1.82, 2.24) is 20.6 Å². The topological polar surface area (TPSA) is 110 Å². The Morgan fingerprint density at radius 1 is 1.03 bits per heavy atom. The van der Waals surface area contributed by atoms with Crippen LogP contribution in [0.5, 0.6) is 0 Å². The molecule has 1 aliphatic carbocycles. The Labute approximate surface area is 172 Å². The van der Waals surface area contributed by atoms with E-state index in [1.807, 2.05) is 18.2 Å². The summed E-state index contributed by atoms with van der Waals surface area (Å²) in [5.74, 6) is -0.541. The standard InChI is InChI=1S/C21H23N5O2S/c22-21-26-15-10-9-13(11-18(15)29-21)12-23-19(27)16-7-4-8-17(25-16)20(28)24-14-5-2-1-3-6-14/h4,7-11,14H,1-3,5-6,12H2,(H2,22,26)(H,23,27)(H,24,28). The third-order valence-corrected chi connectivity index (χ3v) is 5.92. The Morgan fingerprint density at radius 2 is 1.79 bits per heavy atom. The molecule has 0 aliphatic heterocycles. The van der Waals surface area contributed by atoms with E-state index in [4.69, 9.17) is 5.73 Å². The highest BCUT2D eigenvalue weighted by atomic mass is 32.1. The lowest BCUT2D eigenvalue weighted by molar-refractivity contribution is 0.0922. The van der Waals surface area contributed by atoms with Crippen molar-refractivity contribution in [2.75, 3.05) is 5.73 Å². The van der Waals surface area contributed by atoms with E-state index in [0.717, 1.165) is 41.5 Å². The number of carbonyl (C=O) groups is 2.